The molecule has 0 N–H and O–H groups in total. The lowest BCUT2D eigenvalue weighted by atomic mass is 10.1. The van der Waals surface area contributed by atoms with Crippen molar-refractivity contribution >= 4 is 46.7 Å². The van der Waals surface area contributed by atoms with Crippen molar-refractivity contribution in [2.45, 2.75) is 77.7 Å². The van der Waals surface area contributed by atoms with E-state index in [0.29, 0.717) is 40.1 Å². The molecule has 0 spiro atoms. The van der Waals surface area contributed by atoms with Crippen molar-refractivity contribution in [3.8, 4) is 0 Å². The number of rotatable bonds is 14. The van der Waals surface area contributed by atoms with Gasteiger partial charge in [-0.15, -0.1) is 0 Å². The van der Waals surface area contributed by atoms with E-state index in [-0.39, 0.29) is 18.5 Å². The van der Waals surface area contributed by atoms with Crippen molar-refractivity contribution in [2.75, 3.05) is 6.61 Å². The van der Waals surface area contributed by atoms with Crippen molar-refractivity contribution in [1.29, 1.82) is 0 Å². The number of hydrogen-bond acceptors (Lipinski definition) is 4. The fraction of sp³-hybridized carbons (Fsp3) is 0.619. The molecular weight excluding hydrogens is 423 g/mol. The number of carbonyl (C=O) groups excluding carboxylic acids is 2. The molecule has 1 aromatic carbocycles. The van der Waals surface area contributed by atoms with E-state index < -0.39 is 0 Å². The van der Waals surface area contributed by atoms with Crippen molar-refractivity contribution < 1.29 is 19.1 Å². The van der Waals surface area contributed by atoms with Crippen LogP contribution in [0.3, 0.4) is 0 Å². The van der Waals surface area contributed by atoms with Crippen LogP contribution >= 0.6 is 34.8 Å². The molecule has 158 valence electrons. The maximum absolute atomic E-state index is 11.8. The average Bonchev–Trinajstić information content (AvgIpc) is 2.63. The zero-order valence-electron chi connectivity index (χ0n) is 16.4. The zero-order valence-corrected chi connectivity index (χ0v) is 18.7. The molecule has 0 saturated carbocycles. The second-order valence-electron chi connectivity index (χ2n) is 6.70. The third kappa shape index (κ3) is 11.1. The van der Waals surface area contributed by atoms with Gasteiger partial charge in [-0.2, -0.15) is 0 Å². The average molecular weight is 452 g/mol. The minimum atomic E-state index is -0.267. The minimum Gasteiger partial charge on any atom is -0.466 e. The first-order chi connectivity index (χ1) is 13.4. The van der Waals surface area contributed by atoms with Crippen molar-refractivity contribution in [3.05, 3.63) is 32.8 Å². The van der Waals surface area contributed by atoms with Gasteiger partial charge in [0.15, 0.2) is 0 Å². The predicted octanol–water partition coefficient (Wildman–Crippen LogP) is 7.15. The van der Waals surface area contributed by atoms with Crippen LogP contribution in [0.15, 0.2) is 12.1 Å². The van der Waals surface area contributed by atoms with Crippen LogP contribution in [-0.4, -0.2) is 18.5 Å². The lowest BCUT2D eigenvalue weighted by Gasteiger charge is -2.09. The summed E-state index contributed by atoms with van der Waals surface area (Å²) in [6, 6.07) is 3.14. The zero-order chi connectivity index (χ0) is 20.8. The first-order valence-corrected chi connectivity index (χ1v) is 11.0. The SMILES string of the molecule is CCCCOC(=O)CCCCCCCCC(=O)OCc1c(Cl)cc(Cl)cc1Cl. The molecule has 0 atom stereocenters. The number of ether oxygens (including phenoxy) is 2. The van der Waals surface area contributed by atoms with Crippen LogP contribution in [0.2, 0.25) is 15.1 Å². The van der Waals surface area contributed by atoms with E-state index in [2.05, 4.69) is 6.92 Å². The molecule has 0 aliphatic rings. The summed E-state index contributed by atoms with van der Waals surface area (Å²) in [6.45, 7) is 2.64. The van der Waals surface area contributed by atoms with Crippen LogP contribution in [0.25, 0.3) is 0 Å². The van der Waals surface area contributed by atoms with Gasteiger partial charge >= 0.3 is 11.9 Å². The van der Waals surface area contributed by atoms with Crippen LogP contribution in [0.1, 0.15) is 76.7 Å². The molecule has 0 bridgehead atoms. The highest BCUT2D eigenvalue weighted by atomic mass is 35.5. The second kappa shape index (κ2) is 14.9. The molecule has 0 aliphatic carbocycles. The summed E-state index contributed by atoms with van der Waals surface area (Å²) in [5.74, 6) is -0.367. The summed E-state index contributed by atoms with van der Waals surface area (Å²) in [4.78, 5) is 23.3. The molecule has 0 unspecified atom stereocenters. The van der Waals surface area contributed by atoms with E-state index in [4.69, 9.17) is 44.3 Å². The molecule has 0 saturated heterocycles. The summed E-state index contributed by atoms with van der Waals surface area (Å²) in [5.41, 5.74) is 0.564. The molecule has 0 radical (unpaired) electrons. The second-order valence-corrected chi connectivity index (χ2v) is 7.95. The Bertz CT molecular complexity index is 597. The molecule has 0 aliphatic heterocycles. The fourth-order valence-electron chi connectivity index (χ4n) is 2.58. The van der Waals surface area contributed by atoms with Gasteiger partial charge in [0.1, 0.15) is 6.61 Å². The number of carbonyl (C=O) groups is 2. The van der Waals surface area contributed by atoms with Gasteiger partial charge in [-0.25, -0.2) is 0 Å². The Morgan fingerprint density at radius 3 is 1.82 bits per heavy atom. The van der Waals surface area contributed by atoms with E-state index in [9.17, 15) is 9.59 Å². The fourth-order valence-corrected chi connectivity index (χ4v) is 3.51. The van der Waals surface area contributed by atoms with Gasteiger partial charge in [0.25, 0.3) is 0 Å². The number of esters is 2. The van der Waals surface area contributed by atoms with Gasteiger partial charge in [0.05, 0.1) is 16.7 Å². The largest absolute Gasteiger partial charge is 0.466 e. The Hall–Kier alpha value is -0.970. The van der Waals surface area contributed by atoms with E-state index in [0.717, 1.165) is 51.4 Å². The van der Waals surface area contributed by atoms with Crippen LogP contribution in [-0.2, 0) is 25.7 Å². The van der Waals surface area contributed by atoms with Gasteiger partial charge in [0, 0.05) is 23.4 Å². The van der Waals surface area contributed by atoms with E-state index in [1.165, 1.54) is 0 Å². The third-order valence-electron chi connectivity index (χ3n) is 4.26. The quantitative estimate of drug-likeness (QED) is 0.222. The van der Waals surface area contributed by atoms with Gasteiger partial charge in [-0.3, -0.25) is 9.59 Å². The molecule has 28 heavy (non-hydrogen) atoms. The normalized spacial score (nSPS) is 10.7. The maximum Gasteiger partial charge on any atom is 0.306 e. The summed E-state index contributed by atoms with van der Waals surface area (Å²) < 4.78 is 10.4. The topological polar surface area (TPSA) is 52.6 Å². The molecule has 0 heterocycles. The molecule has 0 fully saturated rings. The first kappa shape index (κ1) is 25.1. The Morgan fingerprint density at radius 1 is 0.786 bits per heavy atom. The maximum atomic E-state index is 11.8. The molecule has 0 amide bonds. The van der Waals surface area contributed by atoms with E-state index in [1.807, 2.05) is 0 Å². The van der Waals surface area contributed by atoms with Gasteiger partial charge in [-0.1, -0.05) is 73.8 Å². The number of unbranched alkanes of at least 4 members (excludes halogenated alkanes) is 6. The third-order valence-corrected chi connectivity index (χ3v) is 5.15. The van der Waals surface area contributed by atoms with Crippen molar-refractivity contribution in [1.82, 2.24) is 0 Å². The number of hydrogen-bond donors (Lipinski definition) is 0. The highest BCUT2D eigenvalue weighted by Gasteiger charge is 2.11. The van der Waals surface area contributed by atoms with Gasteiger partial charge in [-0.05, 0) is 31.4 Å². The Kier molecular flexibility index (Phi) is 13.4. The first-order valence-electron chi connectivity index (χ1n) is 9.88. The van der Waals surface area contributed by atoms with Crippen LogP contribution in [0, 0.1) is 0 Å². The Labute approximate surface area is 182 Å². The smallest absolute Gasteiger partial charge is 0.306 e. The summed E-state index contributed by atoms with van der Waals surface area (Å²) >= 11 is 18.0. The van der Waals surface area contributed by atoms with E-state index in [1.54, 1.807) is 12.1 Å². The standard InChI is InChI=1S/C21H29Cl3O4/c1-2-3-12-27-20(25)10-8-6-4-5-7-9-11-21(26)28-15-17-18(23)13-16(22)14-19(17)24/h13-14H,2-12,15H2,1H3. The van der Waals surface area contributed by atoms with Gasteiger partial charge < -0.3 is 9.47 Å². The van der Waals surface area contributed by atoms with Crippen molar-refractivity contribution in [3.63, 3.8) is 0 Å². The van der Waals surface area contributed by atoms with Crippen LogP contribution in [0.5, 0.6) is 0 Å². The van der Waals surface area contributed by atoms with Crippen molar-refractivity contribution in [2.24, 2.45) is 0 Å². The Morgan fingerprint density at radius 2 is 1.29 bits per heavy atom. The summed E-state index contributed by atoms with van der Waals surface area (Å²) in [7, 11) is 0. The van der Waals surface area contributed by atoms with Crippen LogP contribution in [0.4, 0.5) is 0 Å². The molecule has 4 nitrogen and oxygen atoms in total. The molecule has 1 rings (SSSR count). The van der Waals surface area contributed by atoms with E-state index >= 15 is 0 Å². The molecule has 1 aromatic rings. The minimum absolute atomic E-state index is 0.0437. The van der Waals surface area contributed by atoms with Gasteiger partial charge in [0.2, 0.25) is 0 Å². The molecule has 0 aromatic heterocycles. The van der Waals surface area contributed by atoms with Crippen LogP contribution < -0.4 is 0 Å². The number of benzene rings is 1. The number of halogens is 3. The summed E-state index contributed by atoms with van der Waals surface area (Å²) in [5, 5.41) is 1.22. The highest BCUT2D eigenvalue weighted by Crippen LogP contribution is 2.29. The Balaban J connectivity index is 2.03. The lowest BCUT2D eigenvalue weighted by Crippen LogP contribution is -2.05. The predicted molar refractivity (Wildman–Crippen MR) is 114 cm³/mol. The highest BCUT2D eigenvalue weighted by molar-refractivity contribution is 6.39. The molecular formula is C21H29Cl3O4. The molecule has 7 heteroatoms. The summed E-state index contributed by atoms with van der Waals surface area (Å²) in [6.07, 6.45) is 8.49. The monoisotopic (exact) mass is 450 g/mol. The lowest BCUT2D eigenvalue weighted by molar-refractivity contribution is -0.145.